The zero-order valence-corrected chi connectivity index (χ0v) is 18.7. The monoisotopic (exact) mass is 423 g/mol. The van der Waals surface area contributed by atoms with Crippen molar-refractivity contribution >= 4 is 30.2 Å². The van der Waals surface area contributed by atoms with Crippen molar-refractivity contribution < 1.29 is 9.22 Å². The Kier molecular flexibility index (Phi) is 4.97. The summed E-state index contributed by atoms with van der Waals surface area (Å²) >= 11 is 3.65. The van der Waals surface area contributed by atoms with Gasteiger partial charge in [0.1, 0.15) is 0 Å². The highest BCUT2D eigenvalue weighted by atomic mass is 79.9. The van der Waals surface area contributed by atoms with E-state index in [0.29, 0.717) is 12.5 Å². The van der Waals surface area contributed by atoms with E-state index in [1.165, 1.54) is 11.1 Å². The van der Waals surface area contributed by atoms with Gasteiger partial charge in [0.25, 0.3) is 0 Å². The summed E-state index contributed by atoms with van der Waals surface area (Å²) in [5.41, 5.74) is 2.30. The summed E-state index contributed by atoms with van der Waals surface area (Å²) in [5, 5.41) is 0.208. The second kappa shape index (κ2) is 6.50. The molecule has 2 aliphatic rings. The van der Waals surface area contributed by atoms with Crippen LogP contribution in [0.15, 0.2) is 22.7 Å². The molecule has 0 radical (unpaired) electrons. The van der Waals surface area contributed by atoms with Crippen LogP contribution >= 0.6 is 15.9 Å². The molecule has 138 valence electrons. The summed E-state index contributed by atoms with van der Waals surface area (Å²) in [4.78, 5) is 15.3. The first-order chi connectivity index (χ1) is 11.6. The molecule has 0 aromatic heterocycles. The molecule has 1 fully saturated rings. The average Bonchev–Trinajstić information content (AvgIpc) is 3.04. The maximum absolute atomic E-state index is 13.2. The van der Waals surface area contributed by atoms with Crippen molar-refractivity contribution in [3.8, 4) is 0 Å². The third kappa shape index (κ3) is 3.24. The number of carbonyl (C=O) groups excluding carboxylic acids is 1. The molecule has 0 saturated carbocycles. The van der Waals surface area contributed by atoms with Crippen LogP contribution < -0.4 is 0 Å². The largest absolute Gasteiger partial charge is 0.415 e. The number of likely N-dealkylation sites (tertiary alicyclic amines) is 1. The molecule has 1 heterocycles. The van der Waals surface area contributed by atoms with E-state index in [1.54, 1.807) is 0 Å². The van der Waals surface area contributed by atoms with Crippen LogP contribution in [0.3, 0.4) is 0 Å². The van der Waals surface area contributed by atoms with Crippen molar-refractivity contribution in [3.63, 3.8) is 0 Å². The number of halogens is 1. The van der Waals surface area contributed by atoms with E-state index in [9.17, 15) is 4.79 Å². The number of hydrogen-bond donors (Lipinski definition) is 0. The Labute approximate surface area is 161 Å². The standard InChI is InChI=1S/C20H30BrNO2Si/c1-19(2,3)25(4,5)24-14-13-22-12-11-20(18(22)23)10-9-15-16(20)7-6-8-17(15)21/h6-8H,9-14H2,1-5H3. The molecule has 1 unspecified atom stereocenters. The van der Waals surface area contributed by atoms with Crippen LogP contribution in [0.2, 0.25) is 18.1 Å². The fourth-order valence-electron chi connectivity index (χ4n) is 3.89. The highest BCUT2D eigenvalue weighted by Gasteiger charge is 2.51. The molecular weight excluding hydrogens is 394 g/mol. The minimum atomic E-state index is -1.75. The van der Waals surface area contributed by atoms with Crippen molar-refractivity contribution in [3.05, 3.63) is 33.8 Å². The predicted octanol–water partition coefficient (Wildman–Crippen LogP) is 4.89. The van der Waals surface area contributed by atoms with Crippen LogP contribution in [0.4, 0.5) is 0 Å². The molecule has 1 saturated heterocycles. The van der Waals surface area contributed by atoms with Gasteiger partial charge in [-0.2, -0.15) is 0 Å². The topological polar surface area (TPSA) is 29.5 Å². The SMILES string of the molecule is CC(C)(C)[Si](C)(C)OCCN1CCC2(CCc3c(Br)cccc32)C1=O. The summed E-state index contributed by atoms with van der Waals surface area (Å²) in [6.07, 6.45) is 2.88. The summed E-state index contributed by atoms with van der Waals surface area (Å²) in [7, 11) is -1.75. The number of carbonyl (C=O) groups is 1. The lowest BCUT2D eigenvalue weighted by Gasteiger charge is -2.36. The van der Waals surface area contributed by atoms with Gasteiger partial charge in [0.2, 0.25) is 5.91 Å². The summed E-state index contributed by atoms with van der Waals surface area (Å²) in [6.45, 7) is 13.5. The van der Waals surface area contributed by atoms with E-state index in [2.05, 4.69) is 68.0 Å². The lowest BCUT2D eigenvalue weighted by Crippen LogP contribution is -2.44. The van der Waals surface area contributed by atoms with Crippen LogP contribution in [-0.4, -0.2) is 38.8 Å². The lowest BCUT2D eigenvalue weighted by molar-refractivity contribution is -0.132. The van der Waals surface area contributed by atoms with Crippen LogP contribution in [0.5, 0.6) is 0 Å². The first-order valence-electron chi connectivity index (χ1n) is 9.30. The van der Waals surface area contributed by atoms with Crippen LogP contribution in [0, 0.1) is 0 Å². The third-order valence-electron chi connectivity index (χ3n) is 6.57. The zero-order chi connectivity index (χ0) is 18.5. The Bertz CT molecular complexity index is 683. The minimum Gasteiger partial charge on any atom is -0.415 e. The van der Waals surface area contributed by atoms with Gasteiger partial charge in [-0.3, -0.25) is 4.79 Å². The highest BCUT2D eigenvalue weighted by Crippen LogP contribution is 2.48. The molecule has 1 aliphatic carbocycles. The quantitative estimate of drug-likeness (QED) is 0.645. The van der Waals surface area contributed by atoms with Gasteiger partial charge in [-0.1, -0.05) is 48.8 Å². The minimum absolute atomic E-state index is 0.208. The zero-order valence-electron chi connectivity index (χ0n) is 16.1. The van der Waals surface area contributed by atoms with Gasteiger partial charge in [0.05, 0.1) is 12.0 Å². The van der Waals surface area contributed by atoms with Gasteiger partial charge in [-0.25, -0.2) is 0 Å². The summed E-state index contributed by atoms with van der Waals surface area (Å²) in [5.74, 6) is 0.309. The highest BCUT2D eigenvalue weighted by molar-refractivity contribution is 9.10. The maximum Gasteiger partial charge on any atom is 0.233 e. The second-order valence-electron chi connectivity index (χ2n) is 9.00. The van der Waals surface area contributed by atoms with E-state index in [-0.39, 0.29) is 10.5 Å². The number of hydrogen-bond acceptors (Lipinski definition) is 2. The second-order valence-corrected chi connectivity index (χ2v) is 14.7. The Morgan fingerprint density at radius 1 is 1.28 bits per heavy atom. The van der Waals surface area contributed by atoms with E-state index in [1.807, 2.05) is 4.90 Å². The molecule has 0 N–H and O–H groups in total. The van der Waals surface area contributed by atoms with Crippen LogP contribution in [-0.2, 0) is 21.1 Å². The van der Waals surface area contributed by atoms with Crippen molar-refractivity contribution in [2.24, 2.45) is 0 Å². The number of benzene rings is 1. The smallest absolute Gasteiger partial charge is 0.233 e. The fourth-order valence-corrected chi connectivity index (χ4v) is 5.49. The first-order valence-corrected chi connectivity index (χ1v) is 13.0. The molecule has 3 nitrogen and oxygen atoms in total. The van der Waals surface area contributed by atoms with Gasteiger partial charge in [0.15, 0.2) is 8.32 Å². The predicted molar refractivity (Wildman–Crippen MR) is 108 cm³/mol. The Balaban J connectivity index is 1.68. The van der Waals surface area contributed by atoms with Crippen molar-refractivity contribution in [2.75, 3.05) is 19.7 Å². The van der Waals surface area contributed by atoms with E-state index < -0.39 is 8.32 Å². The number of amides is 1. The molecule has 0 bridgehead atoms. The van der Waals surface area contributed by atoms with Crippen molar-refractivity contribution in [1.29, 1.82) is 0 Å². The molecule has 1 spiro atoms. The molecule has 1 aromatic carbocycles. The van der Waals surface area contributed by atoms with Gasteiger partial charge in [-0.05, 0) is 54.6 Å². The normalized spacial score (nSPS) is 23.6. The van der Waals surface area contributed by atoms with E-state index >= 15 is 0 Å². The molecule has 1 atom stereocenters. The molecule has 1 amide bonds. The van der Waals surface area contributed by atoms with E-state index in [4.69, 9.17) is 4.43 Å². The molecule has 1 aromatic rings. The van der Waals surface area contributed by atoms with Crippen LogP contribution in [0.25, 0.3) is 0 Å². The van der Waals surface area contributed by atoms with Gasteiger partial charge >= 0.3 is 0 Å². The van der Waals surface area contributed by atoms with Gasteiger partial charge in [0, 0.05) is 17.6 Å². The third-order valence-corrected chi connectivity index (χ3v) is 11.9. The summed E-state index contributed by atoms with van der Waals surface area (Å²) in [6, 6.07) is 6.30. The Morgan fingerprint density at radius 3 is 2.68 bits per heavy atom. The molecular formula is C20H30BrNO2Si. The van der Waals surface area contributed by atoms with Gasteiger partial charge < -0.3 is 9.33 Å². The van der Waals surface area contributed by atoms with E-state index in [0.717, 1.165) is 36.8 Å². The van der Waals surface area contributed by atoms with Crippen molar-refractivity contribution in [1.82, 2.24) is 4.90 Å². The molecule has 5 heteroatoms. The first kappa shape index (κ1) is 19.1. The molecule has 25 heavy (non-hydrogen) atoms. The summed E-state index contributed by atoms with van der Waals surface area (Å²) < 4.78 is 7.43. The fraction of sp³-hybridized carbons (Fsp3) is 0.650. The van der Waals surface area contributed by atoms with Crippen molar-refractivity contribution in [2.45, 2.75) is 63.6 Å². The average molecular weight is 424 g/mol. The molecule has 3 rings (SSSR count). The lowest BCUT2D eigenvalue weighted by atomic mass is 9.80. The Hall–Kier alpha value is -0.653. The maximum atomic E-state index is 13.2. The Morgan fingerprint density at radius 2 is 2.00 bits per heavy atom. The number of fused-ring (bicyclic) bond motifs is 2. The number of nitrogens with zero attached hydrogens (tertiary/aromatic N) is 1. The number of rotatable bonds is 4. The van der Waals surface area contributed by atoms with Gasteiger partial charge in [-0.15, -0.1) is 0 Å². The molecule has 1 aliphatic heterocycles. The van der Waals surface area contributed by atoms with Crippen LogP contribution in [0.1, 0.15) is 44.7 Å².